The molecule has 0 aliphatic rings. The van der Waals surface area contributed by atoms with Gasteiger partial charge in [0, 0.05) is 29.2 Å². The zero-order valence-electron chi connectivity index (χ0n) is 14.6. The molecule has 2 aromatic carbocycles. The van der Waals surface area contributed by atoms with Crippen LogP contribution >= 0.6 is 0 Å². The van der Waals surface area contributed by atoms with Crippen LogP contribution in [0.25, 0.3) is 27.5 Å². The van der Waals surface area contributed by atoms with Gasteiger partial charge in [-0.15, -0.1) is 0 Å². The number of hydrogen-bond donors (Lipinski definition) is 2. The number of guanidine groups is 1. The standard InChI is InChI=1S/C20H17N5O2/c1-27-12-6-7-13-15(19(26)24-20(21)22)11-25(18(13)10-12)17-8-9-23-16-5-3-2-4-14(16)17/h2-11H,1H3,(H4,21,22,24,26). The number of nitrogens with zero attached hydrogens (tertiary/aromatic N) is 3. The van der Waals surface area contributed by atoms with Crippen LogP contribution in [0, 0.1) is 0 Å². The molecule has 0 unspecified atom stereocenters. The van der Waals surface area contributed by atoms with Crippen LogP contribution in [0.1, 0.15) is 10.4 Å². The number of ether oxygens (including phenoxy) is 1. The average Bonchev–Trinajstić information content (AvgIpc) is 3.05. The Morgan fingerprint density at radius 3 is 2.70 bits per heavy atom. The number of nitrogens with two attached hydrogens (primary N) is 2. The van der Waals surface area contributed by atoms with Crippen LogP contribution in [0.2, 0.25) is 0 Å². The Labute approximate surface area is 154 Å². The molecule has 7 nitrogen and oxygen atoms in total. The largest absolute Gasteiger partial charge is 0.497 e. The molecule has 1 amide bonds. The van der Waals surface area contributed by atoms with E-state index in [9.17, 15) is 4.79 Å². The molecular formula is C20H17N5O2. The van der Waals surface area contributed by atoms with Crippen LogP contribution in [0.15, 0.2) is 65.9 Å². The minimum absolute atomic E-state index is 0.274. The third-order valence-electron chi connectivity index (χ3n) is 4.36. The van der Waals surface area contributed by atoms with E-state index < -0.39 is 5.91 Å². The number of hydrogen-bond acceptors (Lipinski definition) is 3. The van der Waals surface area contributed by atoms with Gasteiger partial charge in [-0.05, 0) is 24.3 Å². The molecule has 4 rings (SSSR count). The van der Waals surface area contributed by atoms with Crippen molar-refractivity contribution in [2.24, 2.45) is 16.5 Å². The summed E-state index contributed by atoms with van der Waals surface area (Å²) in [7, 11) is 1.60. The number of benzene rings is 2. The van der Waals surface area contributed by atoms with Gasteiger partial charge < -0.3 is 20.8 Å². The van der Waals surface area contributed by atoms with Crippen LogP contribution in [0.5, 0.6) is 5.75 Å². The zero-order valence-corrected chi connectivity index (χ0v) is 14.6. The molecule has 0 bridgehead atoms. The highest BCUT2D eigenvalue weighted by molar-refractivity contribution is 6.11. The minimum Gasteiger partial charge on any atom is -0.497 e. The molecule has 0 aliphatic heterocycles. The third kappa shape index (κ3) is 2.85. The Kier molecular flexibility index (Phi) is 3.97. The topological polar surface area (TPSA) is 109 Å². The van der Waals surface area contributed by atoms with Crippen molar-refractivity contribution in [3.05, 3.63) is 66.5 Å². The number of aliphatic imine (C=N–C) groups is 1. The molecule has 0 fully saturated rings. The lowest BCUT2D eigenvalue weighted by molar-refractivity contribution is 0.100. The molecule has 0 spiro atoms. The van der Waals surface area contributed by atoms with Crippen LogP contribution in [0.3, 0.4) is 0 Å². The number of pyridine rings is 1. The van der Waals surface area contributed by atoms with Gasteiger partial charge in [-0.25, -0.2) is 0 Å². The molecule has 0 radical (unpaired) electrons. The number of carbonyl (C=O) groups excluding carboxylic acids is 1. The van der Waals surface area contributed by atoms with E-state index in [0.717, 1.165) is 27.5 Å². The number of fused-ring (bicyclic) bond motifs is 2. The summed E-state index contributed by atoms with van der Waals surface area (Å²) < 4.78 is 7.28. The van der Waals surface area contributed by atoms with Gasteiger partial charge in [-0.1, -0.05) is 18.2 Å². The van der Waals surface area contributed by atoms with E-state index in [1.807, 2.05) is 47.0 Å². The molecule has 0 aliphatic carbocycles. The summed E-state index contributed by atoms with van der Waals surface area (Å²) in [5.74, 6) is -0.0906. The normalized spacial score (nSPS) is 10.9. The van der Waals surface area contributed by atoms with E-state index in [1.165, 1.54) is 0 Å². The van der Waals surface area contributed by atoms with Crippen molar-refractivity contribution in [3.8, 4) is 11.4 Å². The number of rotatable bonds is 3. The summed E-state index contributed by atoms with van der Waals surface area (Å²) in [5.41, 5.74) is 13.7. The van der Waals surface area contributed by atoms with E-state index in [1.54, 1.807) is 25.6 Å². The number of amides is 1. The third-order valence-corrected chi connectivity index (χ3v) is 4.36. The molecule has 4 aromatic rings. The number of methoxy groups -OCH3 is 1. The highest BCUT2D eigenvalue weighted by Gasteiger charge is 2.17. The molecule has 134 valence electrons. The number of aromatic nitrogens is 2. The maximum atomic E-state index is 12.5. The molecular weight excluding hydrogens is 342 g/mol. The molecule has 0 saturated carbocycles. The maximum absolute atomic E-state index is 12.5. The lowest BCUT2D eigenvalue weighted by Gasteiger charge is -2.09. The predicted molar refractivity (Wildman–Crippen MR) is 105 cm³/mol. The van der Waals surface area contributed by atoms with Crippen molar-refractivity contribution in [3.63, 3.8) is 0 Å². The SMILES string of the molecule is COc1ccc2c(C(=O)N=C(N)N)cn(-c3ccnc4ccccc34)c2c1. The van der Waals surface area contributed by atoms with Crippen LogP contribution in [0.4, 0.5) is 0 Å². The molecule has 0 atom stereocenters. The van der Waals surface area contributed by atoms with Crippen LogP contribution < -0.4 is 16.2 Å². The Hall–Kier alpha value is -3.87. The van der Waals surface area contributed by atoms with E-state index in [-0.39, 0.29) is 5.96 Å². The second-order valence-corrected chi connectivity index (χ2v) is 5.98. The second kappa shape index (κ2) is 6.45. The summed E-state index contributed by atoms with van der Waals surface area (Å²) >= 11 is 0. The summed E-state index contributed by atoms with van der Waals surface area (Å²) in [4.78, 5) is 20.6. The first-order valence-corrected chi connectivity index (χ1v) is 8.25. The second-order valence-electron chi connectivity index (χ2n) is 5.98. The van der Waals surface area contributed by atoms with Crippen LogP contribution in [-0.2, 0) is 0 Å². The van der Waals surface area contributed by atoms with Gasteiger partial charge in [-0.2, -0.15) is 4.99 Å². The number of para-hydroxylation sites is 1. The summed E-state index contributed by atoms with van der Waals surface area (Å²) in [6.07, 6.45) is 3.47. The van der Waals surface area contributed by atoms with Crippen molar-refractivity contribution >= 4 is 33.7 Å². The molecule has 7 heteroatoms. The first-order chi connectivity index (χ1) is 13.1. The minimum atomic E-state index is -0.498. The van der Waals surface area contributed by atoms with E-state index in [0.29, 0.717) is 11.3 Å². The summed E-state index contributed by atoms with van der Waals surface area (Å²) in [5, 5.41) is 1.69. The first kappa shape index (κ1) is 16.6. The molecule has 4 N–H and O–H groups in total. The van der Waals surface area contributed by atoms with E-state index in [4.69, 9.17) is 16.2 Å². The molecule has 2 heterocycles. The Balaban J connectivity index is 2.05. The first-order valence-electron chi connectivity index (χ1n) is 8.25. The van der Waals surface area contributed by atoms with Crippen molar-refractivity contribution in [2.45, 2.75) is 0 Å². The molecule has 27 heavy (non-hydrogen) atoms. The quantitative estimate of drug-likeness (QED) is 0.432. The predicted octanol–water partition coefficient (Wildman–Crippen LogP) is 2.60. The highest BCUT2D eigenvalue weighted by atomic mass is 16.5. The summed E-state index contributed by atoms with van der Waals surface area (Å²) in [6, 6.07) is 15.2. The van der Waals surface area contributed by atoms with Gasteiger partial charge in [0.2, 0.25) is 0 Å². The van der Waals surface area contributed by atoms with Crippen molar-refractivity contribution in [1.29, 1.82) is 0 Å². The van der Waals surface area contributed by atoms with Gasteiger partial charge in [0.15, 0.2) is 5.96 Å². The Morgan fingerprint density at radius 1 is 1.11 bits per heavy atom. The fraction of sp³-hybridized carbons (Fsp3) is 0.0500. The van der Waals surface area contributed by atoms with Crippen molar-refractivity contribution < 1.29 is 9.53 Å². The maximum Gasteiger partial charge on any atom is 0.282 e. The zero-order chi connectivity index (χ0) is 19.0. The van der Waals surface area contributed by atoms with Gasteiger partial charge in [-0.3, -0.25) is 9.78 Å². The van der Waals surface area contributed by atoms with Gasteiger partial charge in [0.1, 0.15) is 5.75 Å². The van der Waals surface area contributed by atoms with Crippen molar-refractivity contribution in [1.82, 2.24) is 9.55 Å². The lowest BCUT2D eigenvalue weighted by Crippen LogP contribution is -2.24. The summed E-state index contributed by atoms with van der Waals surface area (Å²) in [6.45, 7) is 0. The fourth-order valence-corrected chi connectivity index (χ4v) is 3.17. The van der Waals surface area contributed by atoms with E-state index >= 15 is 0 Å². The molecule has 2 aromatic heterocycles. The highest BCUT2D eigenvalue weighted by Crippen LogP contribution is 2.31. The van der Waals surface area contributed by atoms with Gasteiger partial charge in [0.25, 0.3) is 5.91 Å². The number of carbonyl (C=O) groups is 1. The Bertz CT molecular complexity index is 1200. The average molecular weight is 359 g/mol. The monoisotopic (exact) mass is 359 g/mol. The van der Waals surface area contributed by atoms with Crippen molar-refractivity contribution in [2.75, 3.05) is 7.11 Å². The van der Waals surface area contributed by atoms with E-state index in [2.05, 4.69) is 9.98 Å². The van der Waals surface area contributed by atoms with Crippen LogP contribution in [-0.4, -0.2) is 28.5 Å². The Morgan fingerprint density at radius 2 is 1.93 bits per heavy atom. The lowest BCUT2D eigenvalue weighted by atomic mass is 10.1. The molecule has 0 saturated heterocycles. The smallest absolute Gasteiger partial charge is 0.282 e. The van der Waals surface area contributed by atoms with Gasteiger partial charge in [0.05, 0.1) is 29.4 Å². The van der Waals surface area contributed by atoms with Gasteiger partial charge >= 0.3 is 0 Å². The fourth-order valence-electron chi connectivity index (χ4n) is 3.17.